The smallest absolute Gasteiger partial charge is 0.209 e. The van der Waals surface area contributed by atoms with Crippen LogP contribution < -0.4 is 4.74 Å². The highest BCUT2D eigenvalue weighted by Gasteiger charge is 2.14. The highest BCUT2D eigenvalue weighted by Crippen LogP contribution is 2.18. The lowest BCUT2D eigenvalue weighted by atomic mass is 10.1. The third-order valence-electron chi connectivity index (χ3n) is 4.83. The largest absolute Gasteiger partial charge is 0.491 e. The molecule has 0 fully saturated rings. The van der Waals surface area contributed by atoms with Crippen molar-refractivity contribution in [3.8, 4) is 5.75 Å². The van der Waals surface area contributed by atoms with Gasteiger partial charge in [-0.2, -0.15) is 0 Å². The molecule has 4 aromatic rings. The standard InChI is InChI=1S/C24H22N2O4/c27-15-20(28)16-30-21-9-7-18(8-10-21)24(29)23-6-3-11-26(23)14-17-12-19-4-1-2-5-22(19)25-13-17/h1-13,20,27-28H,14-16H2. The minimum atomic E-state index is -0.931. The fourth-order valence-electron chi connectivity index (χ4n) is 3.25. The van der Waals surface area contributed by atoms with Crippen LogP contribution in [0.2, 0.25) is 0 Å². The number of ether oxygens (including phenoxy) is 1. The van der Waals surface area contributed by atoms with E-state index in [-0.39, 0.29) is 19.0 Å². The molecule has 4 rings (SSSR count). The maximum absolute atomic E-state index is 13.0. The molecule has 6 nitrogen and oxygen atoms in total. The number of ketones is 1. The molecule has 0 saturated heterocycles. The minimum absolute atomic E-state index is 0.00750. The molecule has 6 heteroatoms. The van der Waals surface area contributed by atoms with E-state index < -0.39 is 6.10 Å². The average Bonchev–Trinajstić information content (AvgIpc) is 3.25. The van der Waals surface area contributed by atoms with E-state index in [1.54, 1.807) is 30.3 Å². The van der Waals surface area contributed by atoms with Crippen LogP contribution in [-0.2, 0) is 6.54 Å². The fourth-order valence-corrected chi connectivity index (χ4v) is 3.25. The van der Waals surface area contributed by atoms with E-state index in [1.807, 2.05) is 47.3 Å². The van der Waals surface area contributed by atoms with Crippen LogP contribution in [0.1, 0.15) is 21.6 Å². The van der Waals surface area contributed by atoms with E-state index in [9.17, 15) is 9.90 Å². The molecule has 2 N–H and O–H groups in total. The molecule has 1 unspecified atom stereocenters. The first-order chi connectivity index (χ1) is 14.6. The van der Waals surface area contributed by atoms with Gasteiger partial charge in [-0.15, -0.1) is 0 Å². The molecule has 30 heavy (non-hydrogen) atoms. The summed E-state index contributed by atoms with van der Waals surface area (Å²) in [5.41, 5.74) is 3.10. The first-order valence-corrected chi connectivity index (χ1v) is 9.69. The van der Waals surface area contributed by atoms with Crippen LogP contribution in [0.5, 0.6) is 5.75 Å². The van der Waals surface area contributed by atoms with Gasteiger partial charge in [0.15, 0.2) is 0 Å². The van der Waals surface area contributed by atoms with E-state index in [0.29, 0.717) is 23.6 Å². The van der Waals surface area contributed by atoms with Gasteiger partial charge in [0, 0.05) is 29.9 Å². The zero-order valence-electron chi connectivity index (χ0n) is 16.3. The molecule has 0 aliphatic rings. The van der Waals surface area contributed by atoms with Crippen molar-refractivity contribution in [3.05, 3.63) is 95.9 Å². The van der Waals surface area contributed by atoms with Crippen molar-refractivity contribution in [3.63, 3.8) is 0 Å². The number of rotatable bonds is 8. The fraction of sp³-hybridized carbons (Fsp3) is 0.167. The lowest BCUT2D eigenvalue weighted by Gasteiger charge is -2.11. The summed E-state index contributed by atoms with van der Waals surface area (Å²) in [6, 6.07) is 20.4. The number of aliphatic hydroxyl groups excluding tert-OH is 2. The number of hydrogen-bond donors (Lipinski definition) is 2. The number of carbonyl (C=O) groups excluding carboxylic acids is 1. The molecule has 1 atom stereocenters. The zero-order chi connectivity index (χ0) is 20.9. The normalized spacial score (nSPS) is 12.1. The van der Waals surface area contributed by atoms with E-state index >= 15 is 0 Å². The Kier molecular flexibility index (Phi) is 5.88. The first-order valence-electron chi connectivity index (χ1n) is 9.69. The zero-order valence-corrected chi connectivity index (χ0v) is 16.3. The number of hydrogen-bond acceptors (Lipinski definition) is 5. The number of benzene rings is 2. The number of para-hydroxylation sites is 1. The molecule has 0 aliphatic carbocycles. The van der Waals surface area contributed by atoms with Crippen LogP contribution in [0.15, 0.2) is 79.1 Å². The number of carbonyl (C=O) groups is 1. The van der Waals surface area contributed by atoms with Crippen LogP contribution in [0.3, 0.4) is 0 Å². The molecule has 2 aromatic carbocycles. The number of aromatic nitrogens is 2. The van der Waals surface area contributed by atoms with Gasteiger partial charge in [0.2, 0.25) is 5.78 Å². The predicted octanol–water partition coefficient (Wildman–Crippen LogP) is 3.05. The molecule has 0 amide bonds. The molecule has 0 saturated carbocycles. The molecule has 2 aromatic heterocycles. The van der Waals surface area contributed by atoms with Gasteiger partial charge < -0.3 is 19.5 Å². The second-order valence-corrected chi connectivity index (χ2v) is 7.06. The molecule has 0 radical (unpaired) electrons. The second kappa shape index (κ2) is 8.90. The maximum Gasteiger partial charge on any atom is 0.209 e. The molecule has 2 heterocycles. The maximum atomic E-state index is 13.0. The van der Waals surface area contributed by atoms with E-state index in [1.165, 1.54) is 0 Å². The van der Waals surface area contributed by atoms with Gasteiger partial charge in [0.1, 0.15) is 18.5 Å². The van der Waals surface area contributed by atoms with Gasteiger partial charge >= 0.3 is 0 Å². The third kappa shape index (κ3) is 4.40. The SMILES string of the molecule is O=C(c1ccc(OCC(O)CO)cc1)c1cccn1Cc1cnc2ccccc2c1. The minimum Gasteiger partial charge on any atom is -0.491 e. The van der Waals surface area contributed by atoms with Crippen molar-refractivity contribution >= 4 is 16.7 Å². The summed E-state index contributed by atoms with van der Waals surface area (Å²) in [7, 11) is 0. The van der Waals surface area contributed by atoms with E-state index in [0.717, 1.165) is 16.5 Å². The van der Waals surface area contributed by atoms with Gasteiger partial charge in [-0.1, -0.05) is 18.2 Å². The van der Waals surface area contributed by atoms with Crippen molar-refractivity contribution in [2.24, 2.45) is 0 Å². The Morgan fingerprint density at radius 3 is 2.67 bits per heavy atom. The van der Waals surface area contributed by atoms with Crippen LogP contribution in [-0.4, -0.2) is 44.9 Å². The molecular formula is C24H22N2O4. The highest BCUT2D eigenvalue weighted by molar-refractivity contribution is 6.08. The van der Waals surface area contributed by atoms with Crippen LogP contribution in [0.25, 0.3) is 10.9 Å². The number of fused-ring (bicyclic) bond motifs is 1. The summed E-state index contributed by atoms with van der Waals surface area (Å²) < 4.78 is 7.30. The summed E-state index contributed by atoms with van der Waals surface area (Å²) in [4.78, 5) is 17.5. The lowest BCUT2D eigenvalue weighted by Crippen LogP contribution is -2.21. The molecular weight excluding hydrogens is 380 g/mol. The predicted molar refractivity (Wildman–Crippen MR) is 114 cm³/mol. The summed E-state index contributed by atoms with van der Waals surface area (Å²) in [6.45, 7) is 0.179. The number of nitrogens with zero attached hydrogens (tertiary/aromatic N) is 2. The van der Waals surface area contributed by atoms with E-state index in [4.69, 9.17) is 9.84 Å². The monoisotopic (exact) mass is 402 g/mol. The highest BCUT2D eigenvalue weighted by atomic mass is 16.5. The van der Waals surface area contributed by atoms with Crippen molar-refractivity contribution in [1.82, 2.24) is 9.55 Å². The van der Waals surface area contributed by atoms with Crippen molar-refractivity contribution < 1.29 is 19.7 Å². The Morgan fingerprint density at radius 2 is 1.87 bits per heavy atom. The molecule has 0 spiro atoms. The number of aliphatic hydroxyl groups is 2. The Morgan fingerprint density at radius 1 is 1.07 bits per heavy atom. The van der Waals surface area contributed by atoms with Gasteiger partial charge in [0.05, 0.1) is 17.8 Å². The van der Waals surface area contributed by atoms with Gasteiger partial charge in [-0.3, -0.25) is 9.78 Å². The van der Waals surface area contributed by atoms with Crippen LogP contribution in [0, 0.1) is 0 Å². The quantitative estimate of drug-likeness (QED) is 0.443. The Hall–Kier alpha value is -3.48. The molecule has 0 aliphatic heterocycles. The average molecular weight is 402 g/mol. The van der Waals surface area contributed by atoms with Crippen molar-refractivity contribution in [2.45, 2.75) is 12.6 Å². The Bertz CT molecular complexity index is 1150. The van der Waals surface area contributed by atoms with Crippen LogP contribution >= 0.6 is 0 Å². The van der Waals surface area contributed by atoms with Gasteiger partial charge in [-0.05, 0) is 54.1 Å². The van der Waals surface area contributed by atoms with E-state index in [2.05, 4.69) is 11.1 Å². The summed E-state index contributed by atoms with van der Waals surface area (Å²) >= 11 is 0. The third-order valence-corrected chi connectivity index (χ3v) is 4.83. The van der Waals surface area contributed by atoms with Gasteiger partial charge in [0.25, 0.3) is 0 Å². The Labute approximate surface area is 174 Å². The summed E-state index contributed by atoms with van der Waals surface area (Å²) in [5, 5.41) is 19.3. The second-order valence-electron chi connectivity index (χ2n) is 7.06. The van der Waals surface area contributed by atoms with Crippen molar-refractivity contribution in [2.75, 3.05) is 13.2 Å². The van der Waals surface area contributed by atoms with Gasteiger partial charge in [-0.25, -0.2) is 0 Å². The van der Waals surface area contributed by atoms with Crippen molar-refractivity contribution in [1.29, 1.82) is 0 Å². The summed E-state index contributed by atoms with van der Waals surface area (Å²) in [5.74, 6) is 0.437. The lowest BCUT2D eigenvalue weighted by molar-refractivity contribution is 0.0536. The topological polar surface area (TPSA) is 84.6 Å². The first kappa shape index (κ1) is 19.8. The van der Waals surface area contributed by atoms with Crippen LogP contribution in [0.4, 0.5) is 0 Å². The molecule has 152 valence electrons. The number of pyridine rings is 1. The Balaban J connectivity index is 1.49. The summed E-state index contributed by atoms with van der Waals surface area (Å²) in [6.07, 6.45) is 2.79. The molecule has 0 bridgehead atoms.